The fraction of sp³-hybridized carbons (Fsp3) is 0.207. The number of amides is 1. The highest BCUT2D eigenvalue weighted by Gasteiger charge is 2.52. The number of methoxy groups -OCH3 is 1. The molecule has 1 saturated carbocycles. The standard InChI is InChI=1S/C29H24ClFN2O4S/c1-17-25(32-28(35)37-16-20-5-3-4-6-23(20)30)26(38-33-17)19-9-12-22(24(31)15-19)18-7-10-21(11-8-18)29(13-14-29)27(34)36-2/h3-12,15H,13-14,16H2,1-2H3,(H,32,35). The van der Waals surface area contributed by atoms with Gasteiger partial charge >= 0.3 is 12.1 Å². The molecule has 0 unspecified atom stereocenters. The highest BCUT2D eigenvalue weighted by atomic mass is 35.5. The highest BCUT2D eigenvalue weighted by molar-refractivity contribution is 7.10. The van der Waals surface area contributed by atoms with Gasteiger partial charge in [0.05, 0.1) is 28.8 Å². The molecule has 9 heteroatoms. The molecule has 5 rings (SSSR count). The van der Waals surface area contributed by atoms with Crippen molar-refractivity contribution < 1.29 is 23.5 Å². The lowest BCUT2D eigenvalue weighted by Gasteiger charge is -2.14. The van der Waals surface area contributed by atoms with Gasteiger partial charge in [0.1, 0.15) is 12.4 Å². The van der Waals surface area contributed by atoms with E-state index < -0.39 is 17.3 Å². The second-order valence-electron chi connectivity index (χ2n) is 9.11. The quantitative estimate of drug-likeness (QED) is 0.241. The molecule has 4 aromatic rings. The predicted octanol–water partition coefficient (Wildman–Crippen LogP) is 7.53. The van der Waals surface area contributed by atoms with Crippen LogP contribution in [0.5, 0.6) is 0 Å². The molecule has 194 valence electrons. The lowest BCUT2D eigenvalue weighted by atomic mass is 9.93. The largest absolute Gasteiger partial charge is 0.468 e. The molecule has 0 aliphatic heterocycles. The second kappa shape index (κ2) is 10.6. The van der Waals surface area contributed by atoms with Crippen LogP contribution < -0.4 is 5.32 Å². The first kappa shape index (κ1) is 25.9. The summed E-state index contributed by atoms with van der Waals surface area (Å²) in [5.41, 5.74) is 3.76. The van der Waals surface area contributed by atoms with E-state index in [0.29, 0.717) is 43.5 Å². The average molecular weight is 551 g/mol. The minimum absolute atomic E-state index is 0.0142. The van der Waals surface area contributed by atoms with Gasteiger partial charge in [-0.05, 0) is 60.1 Å². The number of nitrogens with one attached hydrogen (secondary N) is 1. The first-order valence-corrected chi connectivity index (χ1v) is 13.1. The van der Waals surface area contributed by atoms with Gasteiger partial charge in [0.2, 0.25) is 0 Å². The zero-order valence-corrected chi connectivity index (χ0v) is 22.3. The van der Waals surface area contributed by atoms with Gasteiger partial charge in [0, 0.05) is 16.1 Å². The van der Waals surface area contributed by atoms with Crippen LogP contribution >= 0.6 is 23.1 Å². The monoisotopic (exact) mass is 550 g/mol. The van der Waals surface area contributed by atoms with Gasteiger partial charge in [-0.2, -0.15) is 4.37 Å². The number of carbonyl (C=O) groups is 2. The van der Waals surface area contributed by atoms with Gasteiger partial charge in [-0.25, -0.2) is 9.18 Å². The van der Waals surface area contributed by atoms with Crippen molar-refractivity contribution in [2.45, 2.75) is 31.8 Å². The smallest absolute Gasteiger partial charge is 0.412 e. The second-order valence-corrected chi connectivity index (χ2v) is 10.3. The summed E-state index contributed by atoms with van der Waals surface area (Å²) >= 11 is 7.29. The lowest BCUT2D eigenvalue weighted by molar-refractivity contribution is -0.143. The topological polar surface area (TPSA) is 77.5 Å². The normalized spacial score (nSPS) is 13.6. The summed E-state index contributed by atoms with van der Waals surface area (Å²) in [4.78, 5) is 25.3. The molecule has 1 amide bonds. The van der Waals surface area contributed by atoms with Crippen LogP contribution in [0, 0.1) is 12.7 Å². The van der Waals surface area contributed by atoms with E-state index in [1.54, 1.807) is 37.3 Å². The van der Waals surface area contributed by atoms with Crippen molar-refractivity contribution in [1.29, 1.82) is 0 Å². The van der Waals surface area contributed by atoms with Crippen molar-refractivity contribution >= 4 is 40.9 Å². The SMILES string of the molecule is COC(=O)C1(c2ccc(-c3ccc(-c4snc(C)c4NC(=O)OCc4ccccc4Cl)cc3F)cc2)CC1. The Balaban J connectivity index is 1.32. The van der Waals surface area contributed by atoms with Gasteiger partial charge in [0.25, 0.3) is 0 Å². The maximum absolute atomic E-state index is 15.3. The van der Waals surface area contributed by atoms with Gasteiger partial charge in [-0.1, -0.05) is 66.2 Å². The molecule has 38 heavy (non-hydrogen) atoms. The third-order valence-electron chi connectivity index (χ3n) is 6.71. The molecule has 0 saturated heterocycles. The van der Waals surface area contributed by atoms with E-state index in [1.807, 2.05) is 30.3 Å². The predicted molar refractivity (Wildman–Crippen MR) is 146 cm³/mol. The third kappa shape index (κ3) is 5.01. The van der Waals surface area contributed by atoms with Gasteiger partial charge in [-0.3, -0.25) is 10.1 Å². The summed E-state index contributed by atoms with van der Waals surface area (Å²) in [6, 6.07) is 19.4. The molecule has 1 fully saturated rings. The van der Waals surface area contributed by atoms with E-state index in [0.717, 1.165) is 29.9 Å². The Kier molecular flexibility index (Phi) is 7.19. The molecule has 1 heterocycles. The van der Waals surface area contributed by atoms with Crippen LogP contribution in [0.1, 0.15) is 29.7 Å². The summed E-state index contributed by atoms with van der Waals surface area (Å²) in [6.07, 6.45) is 0.840. The van der Waals surface area contributed by atoms with Gasteiger partial charge < -0.3 is 9.47 Å². The number of anilines is 1. The maximum Gasteiger partial charge on any atom is 0.412 e. The molecule has 0 radical (unpaired) electrons. The van der Waals surface area contributed by atoms with E-state index in [1.165, 1.54) is 13.2 Å². The number of rotatable bonds is 7. The summed E-state index contributed by atoms with van der Waals surface area (Å²) in [7, 11) is 1.39. The summed E-state index contributed by atoms with van der Waals surface area (Å²) in [5.74, 6) is -0.652. The maximum atomic E-state index is 15.3. The number of halogens is 2. The van der Waals surface area contributed by atoms with Crippen LogP contribution in [0.3, 0.4) is 0 Å². The van der Waals surface area contributed by atoms with E-state index in [2.05, 4.69) is 9.69 Å². The molecule has 1 aliphatic rings. The Bertz CT molecular complexity index is 1520. The fourth-order valence-corrected chi connectivity index (χ4v) is 5.43. The van der Waals surface area contributed by atoms with Crippen molar-refractivity contribution in [3.05, 3.63) is 94.4 Å². The molecular weight excluding hydrogens is 527 g/mol. The van der Waals surface area contributed by atoms with E-state index in [9.17, 15) is 9.59 Å². The Labute approximate surface area is 228 Å². The Hall–Kier alpha value is -3.75. The van der Waals surface area contributed by atoms with Crippen LogP contribution in [0.25, 0.3) is 21.6 Å². The number of benzene rings is 3. The molecule has 1 aromatic heterocycles. The van der Waals surface area contributed by atoms with Gasteiger partial charge in [-0.15, -0.1) is 0 Å². The minimum atomic E-state index is -0.660. The van der Waals surface area contributed by atoms with Crippen molar-refractivity contribution in [3.63, 3.8) is 0 Å². The number of hydrogen-bond acceptors (Lipinski definition) is 6. The van der Waals surface area contributed by atoms with Crippen LogP contribution in [0.4, 0.5) is 14.9 Å². The number of nitrogens with zero attached hydrogens (tertiary/aromatic N) is 1. The fourth-order valence-electron chi connectivity index (χ4n) is 4.40. The summed E-state index contributed by atoms with van der Waals surface area (Å²) < 4.78 is 29.9. The molecule has 0 atom stereocenters. The van der Waals surface area contributed by atoms with Crippen LogP contribution in [-0.4, -0.2) is 23.5 Å². The highest BCUT2D eigenvalue weighted by Crippen LogP contribution is 2.49. The van der Waals surface area contributed by atoms with E-state index in [4.69, 9.17) is 21.1 Å². The van der Waals surface area contributed by atoms with Crippen molar-refractivity contribution in [3.8, 4) is 21.6 Å². The Morgan fingerprint density at radius 1 is 1.08 bits per heavy atom. The first-order chi connectivity index (χ1) is 18.3. The minimum Gasteiger partial charge on any atom is -0.468 e. The Morgan fingerprint density at radius 2 is 1.79 bits per heavy atom. The summed E-state index contributed by atoms with van der Waals surface area (Å²) in [5, 5.41) is 3.25. The number of esters is 1. The molecule has 0 bridgehead atoms. The number of aromatic nitrogens is 1. The number of aryl methyl sites for hydroxylation is 1. The third-order valence-corrected chi connectivity index (χ3v) is 8.07. The van der Waals surface area contributed by atoms with E-state index in [-0.39, 0.29) is 12.6 Å². The first-order valence-electron chi connectivity index (χ1n) is 11.9. The van der Waals surface area contributed by atoms with Crippen LogP contribution in [0.2, 0.25) is 5.02 Å². The zero-order valence-electron chi connectivity index (χ0n) is 20.7. The zero-order chi connectivity index (χ0) is 26.9. The Morgan fingerprint density at radius 3 is 2.45 bits per heavy atom. The molecular formula is C29H24ClFN2O4S. The number of carbonyl (C=O) groups excluding carboxylic acids is 2. The van der Waals surface area contributed by atoms with Gasteiger partial charge in [0.15, 0.2) is 0 Å². The van der Waals surface area contributed by atoms with Crippen molar-refractivity contribution in [2.75, 3.05) is 12.4 Å². The lowest BCUT2D eigenvalue weighted by Crippen LogP contribution is -2.21. The van der Waals surface area contributed by atoms with Crippen LogP contribution in [0.15, 0.2) is 66.7 Å². The summed E-state index contributed by atoms with van der Waals surface area (Å²) in [6.45, 7) is 1.78. The molecule has 3 aromatic carbocycles. The van der Waals surface area contributed by atoms with Crippen molar-refractivity contribution in [2.24, 2.45) is 0 Å². The van der Waals surface area contributed by atoms with E-state index >= 15 is 4.39 Å². The number of ether oxygens (including phenoxy) is 2. The average Bonchev–Trinajstić information content (AvgIpc) is 3.66. The number of hydrogen-bond donors (Lipinski definition) is 1. The molecule has 1 N–H and O–H groups in total. The molecule has 1 aliphatic carbocycles. The molecule has 0 spiro atoms. The van der Waals surface area contributed by atoms with Crippen molar-refractivity contribution in [1.82, 2.24) is 4.37 Å². The molecule has 6 nitrogen and oxygen atoms in total. The van der Waals surface area contributed by atoms with Crippen LogP contribution in [-0.2, 0) is 26.3 Å².